The van der Waals surface area contributed by atoms with Crippen molar-refractivity contribution >= 4 is 10.9 Å². The molecular weight excluding hydrogens is 352 g/mol. The van der Waals surface area contributed by atoms with Crippen LogP contribution in [0.1, 0.15) is 29.9 Å². The van der Waals surface area contributed by atoms with Crippen molar-refractivity contribution in [2.45, 2.75) is 25.3 Å². The molecule has 0 radical (unpaired) electrons. The van der Waals surface area contributed by atoms with Crippen LogP contribution in [0.5, 0.6) is 0 Å². The lowest BCUT2D eigenvalue weighted by Gasteiger charge is -2.33. The van der Waals surface area contributed by atoms with Gasteiger partial charge in [0.25, 0.3) is 11.1 Å². The Balaban J connectivity index is 1.50. The van der Waals surface area contributed by atoms with E-state index in [9.17, 15) is 9.59 Å². The summed E-state index contributed by atoms with van der Waals surface area (Å²) in [5, 5.41) is 9.42. The predicted molar refractivity (Wildman–Crippen MR) is 108 cm³/mol. The Morgan fingerprint density at radius 1 is 1.14 bits per heavy atom. The molecule has 2 aromatic heterocycles. The zero-order chi connectivity index (χ0) is 19.5. The Morgan fingerprint density at radius 2 is 1.96 bits per heavy atom. The summed E-state index contributed by atoms with van der Waals surface area (Å²) in [7, 11) is 0. The van der Waals surface area contributed by atoms with E-state index in [1.54, 1.807) is 16.8 Å². The van der Waals surface area contributed by atoms with Crippen molar-refractivity contribution in [1.29, 1.82) is 5.26 Å². The molecule has 3 aromatic rings. The van der Waals surface area contributed by atoms with Crippen LogP contribution in [0.4, 0.5) is 0 Å². The van der Waals surface area contributed by atoms with Gasteiger partial charge in [-0.15, -0.1) is 0 Å². The summed E-state index contributed by atoms with van der Waals surface area (Å²) in [6, 6.07) is 15.5. The second kappa shape index (κ2) is 7.83. The van der Waals surface area contributed by atoms with E-state index in [0.29, 0.717) is 23.4 Å². The molecule has 1 unspecified atom stereocenters. The topological polar surface area (TPSA) is 81.9 Å². The number of fused-ring (bicyclic) bond motifs is 1. The number of H-pyrrole nitrogens is 1. The van der Waals surface area contributed by atoms with Gasteiger partial charge in [-0.2, -0.15) is 5.26 Å². The maximum absolute atomic E-state index is 12.8. The fourth-order valence-electron chi connectivity index (χ4n) is 4.00. The van der Waals surface area contributed by atoms with Crippen LogP contribution in [0.15, 0.2) is 58.3 Å². The molecule has 0 aliphatic carbocycles. The van der Waals surface area contributed by atoms with E-state index in [1.807, 2.05) is 12.1 Å². The number of nitrogens with one attached hydrogen (secondary N) is 1. The van der Waals surface area contributed by atoms with E-state index < -0.39 is 5.56 Å². The average Bonchev–Trinajstić information content (AvgIpc) is 2.74. The van der Waals surface area contributed by atoms with Crippen LogP contribution in [-0.4, -0.2) is 34.1 Å². The van der Waals surface area contributed by atoms with Gasteiger partial charge in [0.05, 0.1) is 10.9 Å². The third-order valence-corrected chi connectivity index (χ3v) is 5.54. The molecular formula is C22H22N4O2. The van der Waals surface area contributed by atoms with Crippen LogP contribution in [0.3, 0.4) is 0 Å². The molecule has 0 bridgehead atoms. The van der Waals surface area contributed by atoms with Crippen molar-refractivity contribution in [3.8, 4) is 6.07 Å². The summed E-state index contributed by atoms with van der Waals surface area (Å²) in [6.45, 7) is 3.41. The maximum Gasteiger partial charge on any atom is 0.266 e. The molecule has 0 saturated carbocycles. The predicted octanol–water partition coefficient (Wildman–Crippen LogP) is 2.44. The van der Waals surface area contributed by atoms with Crippen molar-refractivity contribution in [2.75, 3.05) is 19.6 Å². The number of rotatable bonds is 4. The number of aromatic amines is 1. The largest absolute Gasteiger partial charge is 0.321 e. The van der Waals surface area contributed by atoms with Gasteiger partial charge in [0.1, 0.15) is 11.6 Å². The van der Waals surface area contributed by atoms with Crippen molar-refractivity contribution in [2.24, 2.45) is 0 Å². The molecule has 0 spiro atoms. The van der Waals surface area contributed by atoms with E-state index in [0.717, 1.165) is 26.1 Å². The van der Waals surface area contributed by atoms with Crippen LogP contribution in [0, 0.1) is 11.3 Å². The highest BCUT2D eigenvalue weighted by molar-refractivity contribution is 5.78. The number of piperidine rings is 1. The normalized spacial score (nSPS) is 17.5. The third kappa shape index (κ3) is 3.62. The zero-order valence-corrected chi connectivity index (χ0v) is 15.6. The van der Waals surface area contributed by atoms with Gasteiger partial charge in [0.15, 0.2) is 0 Å². The number of benzene rings is 1. The maximum atomic E-state index is 12.8. The zero-order valence-electron chi connectivity index (χ0n) is 15.6. The van der Waals surface area contributed by atoms with Crippen LogP contribution in [0.25, 0.3) is 10.9 Å². The highest BCUT2D eigenvalue weighted by atomic mass is 16.1. The monoisotopic (exact) mass is 374 g/mol. The number of nitriles is 1. The van der Waals surface area contributed by atoms with E-state index in [4.69, 9.17) is 5.26 Å². The summed E-state index contributed by atoms with van der Waals surface area (Å²) in [5.74, 6) is 0.534. The summed E-state index contributed by atoms with van der Waals surface area (Å²) in [4.78, 5) is 29.5. The number of hydrogen-bond acceptors (Lipinski definition) is 4. The minimum Gasteiger partial charge on any atom is -0.321 e. The first-order valence-electron chi connectivity index (χ1n) is 9.59. The van der Waals surface area contributed by atoms with E-state index in [-0.39, 0.29) is 11.1 Å². The molecule has 6 heteroatoms. The quantitative estimate of drug-likeness (QED) is 0.760. The van der Waals surface area contributed by atoms with E-state index in [1.165, 1.54) is 18.1 Å². The molecule has 4 rings (SSSR count). The van der Waals surface area contributed by atoms with Gasteiger partial charge in [-0.05, 0) is 43.0 Å². The molecule has 6 nitrogen and oxygen atoms in total. The minimum absolute atomic E-state index is 0.0379. The fraction of sp³-hybridized carbons (Fsp3) is 0.318. The average molecular weight is 374 g/mol. The highest BCUT2D eigenvalue weighted by Gasteiger charge is 2.21. The Morgan fingerprint density at radius 3 is 2.75 bits per heavy atom. The molecule has 0 amide bonds. The van der Waals surface area contributed by atoms with E-state index in [2.05, 4.69) is 34.1 Å². The van der Waals surface area contributed by atoms with Gasteiger partial charge >= 0.3 is 0 Å². The van der Waals surface area contributed by atoms with Crippen LogP contribution < -0.4 is 11.1 Å². The van der Waals surface area contributed by atoms with E-state index >= 15 is 0 Å². The van der Waals surface area contributed by atoms with Gasteiger partial charge in [0.2, 0.25) is 0 Å². The van der Waals surface area contributed by atoms with Crippen molar-refractivity contribution in [3.05, 3.63) is 80.5 Å². The second-order valence-electron chi connectivity index (χ2n) is 7.32. The van der Waals surface area contributed by atoms with Crippen molar-refractivity contribution in [1.82, 2.24) is 14.5 Å². The molecule has 1 aliphatic rings. The molecule has 1 N–H and O–H groups in total. The second-order valence-corrected chi connectivity index (χ2v) is 7.32. The number of aromatic nitrogens is 2. The van der Waals surface area contributed by atoms with Crippen molar-refractivity contribution < 1.29 is 0 Å². The molecule has 1 aliphatic heterocycles. The van der Waals surface area contributed by atoms with Crippen molar-refractivity contribution in [3.63, 3.8) is 0 Å². The van der Waals surface area contributed by atoms with Gasteiger partial charge < -0.3 is 14.5 Å². The Kier molecular flexibility index (Phi) is 5.09. The molecule has 3 heterocycles. The van der Waals surface area contributed by atoms with Gasteiger partial charge in [0, 0.05) is 25.8 Å². The summed E-state index contributed by atoms with van der Waals surface area (Å²) in [6.07, 6.45) is 4.06. The fourth-order valence-corrected chi connectivity index (χ4v) is 4.00. The van der Waals surface area contributed by atoms with Crippen LogP contribution in [0.2, 0.25) is 0 Å². The Labute approximate surface area is 162 Å². The molecule has 1 atom stereocenters. The summed E-state index contributed by atoms with van der Waals surface area (Å²) in [5.41, 5.74) is 1.16. The summed E-state index contributed by atoms with van der Waals surface area (Å²) < 4.78 is 1.66. The number of nitrogens with zero attached hydrogens (tertiary/aromatic N) is 3. The first-order chi connectivity index (χ1) is 13.7. The smallest absolute Gasteiger partial charge is 0.266 e. The molecule has 1 fully saturated rings. The number of pyridine rings is 2. The molecule has 28 heavy (non-hydrogen) atoms. The Bertz CT molecular complexity index is 1140. The Hall–Kier alpha value is -3.17. The third-order valence-electron chi connectivity index (χ3n) is 5.54. The lowest BCUT2D eigenvalue weighted by molar-refractivity contribution is 0.200. The first kappa shape index (κ1) is 18.2. The SMILES string of the molecule is N#Cc1cc2c(=O)n(CCN3CCCC(c4ccccc4)C3)ccc2[nH]c1=O. The highest BCUT2D eigenvalue weighted by Crippen LogP contribution is 2.26. The molecule has 1 saturated heterocycles. The van der Waals surface area contributed by atoms with Gasteiger partial charge in [-0.3, -0.25) is 9.59 Å². The number of likely N-dealkylation sites (tertiary alicyclic amines) is 1. The lowest BCUT2D eigenvalue weighted by Crippen LogP contribution is -2.37. The minimum atomic E-state index is -0.465. The first-order valence-corrected chi connectivity index (χ1v) is 9.59. The standard InChI is InChI=1S/C22H22N4O2/c23-14-18-13-19-20(24-21(18)27)8-10-26(22(19)28)12-11-25-9-4-7-17(15-25)16-5-2-1-3-6-16/h1-3,5-6,8,10,13,17H,4,7,9,11-12,15H2,(H,24,27). The van der Waals surface area contributed by atoms with Crippen LogP contribution >= 0.6 is 0 Å². The molecule has 1 aromatic carbocycles. The molecule has 142 valence electrons. The van der Waals surface area contributed by atoms with Gasteiger partial charge in [-0.25, -0.2) is 0 Å². The van der Waals surface area contributed by atoms with Crippen LogP contribution in [-0.2, 0) is 6.54 Å². The summed E-state index contributed by atoms with van der Waals surface area (Å²) >= 11 is 0. The number of hydrogen-bond donors (Lipinski definition) is 1. The lowest BCUT2D eigenvalue weighted by atomic mass is 9.91. The van der Waals surface area contributed by atoms with Gasteiger partial charge in [-0.1, -0.05) is 30.3 Å².